The fraction of sp³-hybridized carbons (Fsp3) is 0.462. The molecular weight excluding hydrogens is 214 g/mol. The van der Waals surface area contributed by atoms with Crippen LogP contribution in [-0.4, -0.2) is 15.3 Å². The Morgan fingerprint density at radius 1 is 1.41 bits per heavy atom. The maximum absolute atomic E-state index is 5.50. The molecule has 0 radical (unpaired) electrons. The molecule has 4 nitrogen and oxygen atoms in total. The molecule has 0 saturated carbocycles. The number of aromatic nitrogens is 2. The van der Waals surface area contributed by atoms with Gasteiger partial charge in [0.25, 0.3) is 0 Å². The maximum atomic E-state index is 5.50. The van der Waals surface area contributed by atoms with Crippen LogP contribution < -0.4 is 5.32 Å². The fourth-order valence-corrected chi connectivity index (χ4v) is 1.52. The highest BCUT2D eigenvalue weighted by Crippen LogP contribution is 2.10. The predicted molar refractivity (Wildman–Crippen MR) is 66.6 cm³/mol. The number of rotatable bonds is 4. The van der Waals surface area contributed by atoms with Crippen molar-refractivity contribution in [3.63, 3.8) is 0 Å². The number of hydrogen-bond acceptors (Lipinski definition) is 3. The molecule has 0 fully saturated rings. The molecule has 0 aromatic carbocycles. The first-order valence-electron chi connectivity index (χ1n) is 5.82. The van der Waals surface area contributed by atoms with Crippen LogP contribution in [0.5, 0.6) is 0 Å². The third-order valence-electron chi connectivity index (χ3n) is 2.41. The van der Waals surface area contributed by atoms with Crippen LogP contribution in [0.3, 0.4) is 0 Å². The lowest BCUT2D eigenvalue weighted by atomic mass is 10.1. The van der Waals surface area contributed by atoms with Crippen LogP contribution in [0.4, 0.5) is 0 Å². The van der Waals surface area contributed by atoms with Crippen molar-refractivity contribution < 1.29 is 4.42 Å². The zero-order valence-corrected chi connectivity index (χ0v) is 10.6. The van der Waals surface area contributed by atoms with Crippen LogP contribution in [0.2, 0.25) is 0 Å². The van der Waals surface area contributed by atoms with E-state index in [1.165, 1.54) is 5.56 Å². The molecule has 2 aromatic heterocycles. The Balaban J connectivity index is 1.92. The van der Waals surface area contributed by atoms with Gasteiger partial charge in [-0.25, -0.2) is 0 Å². The Kier molecular flexibility index (Phi) is 3.33. The smallest absolute Gasteiger partial charge is 0.125 e. The Morgan fingerprint density at radius 3 is 2.88 bits per heavy atom. The summed E-state index contributed by atoms with van der Waals surface area (Å²) in [7, 11) is 0. The molecule has 0 amide bonds. The van der Waals surface area contributed by atoms with Gasteiger partial charge in [0.15, 0.2) is 0 Å². The molecule has 2 heterocycles. The zero-order valence-electron chi connectivity index (χ0n) is 10.6. The van der Waals surface area contributed by atoms with E-state index in [-0.39, 0.29) is 5.54 Å². The molecule has 2 rings (SSSR count). The van der Waals surface area contributed by atoms with Crippen molar-refractivity contribution in [2.24, 2.45) is 0 Å². The van der Waals surface area contributed by atoms with Crippen LogP contribution in [0.1, 0.15) is 32.1 Å². The molecule has 0 bridgehead atoms. The first-order valence-corrected chi connectivity index (χ1v) is 5.82. The van der Waals surface area contributed by atoms with Gasteiger partial charge in [-0.1, -0.05) is 0 Å². The van der Waals surface area contributed by atoms with E-state index in [0.29, 0.717) is 6.54 Å². The van der Waals surface area contributed by atoms with Crippen LogP contribution in [-0.2, 0) is 13.1 Å². The highest BCUT2D eigenvalue weighted by Gasteiger charge is 2.10. The van der Waals surface area contributed by atoms with Gasteiger partial charge in [0, 0.05) is 30.0 Å². The minimum absolute atomic E-state index is 0.124. The zero-order chi connectivity index (χ0) is 12.3. The van der Waals surface area contributed by atoms with Gasteiger partial charge in [-0.05, 0) is 32.9 Å². The van der Waals surface area contributed by atoms with E-state index in [0.717, 1.165) is 12.3 Å². The lowest BCUT2D eigenvalue weighted by Crippen LogP contribution is -2.34. The van der Waals surface area contributed by atoms with E-state index in [4.69, 9.17) is 4.42 Å². The SMILES string of the molecule is CC(C)(C)NCc1coc(Cn2cccn2)c1. The quantitative estimate of drug-likeness (QED) is 0.882. The summed E-state index contributed by atoms with van der Waals surface area (Å²) < 4.78 is 7.35. The predicted octanol–water partition coefficient (Wildman–Crippen LogP) is 2.41. The van der Waals surface area contributed by atoms with Crippen LogP contribution in [0, 0.1) is 0 Å². The molecule has 17 heavy (non-hydrogen) atoms. The van der Waals surface area contributed by atoms with Crippen molar-refractivity contribution in [3.8, 4) is 0 Å². The average molecular weight is 233 g/mol. The molecular formula is C13H19N3O. The van der Waals surface area contributed by atoms with E-state index in [2.05, 4.69) is 37.3 Å². The van der Waals surface area contributed by atoms with Crippen LogP contribution in [0.25, 0.3) is 0 Å². The lowest BCUT2D eigenvalue weighted by molar-refractivity contribution is 0.422. The number of nitrogens with one attached hydrogen (secondary N) is 1. The van der Waals surface area contributed by atoms with E-state index in [9.17, 15) is 0 Å². The number of furan rings is 1. The fourth-order valence-electron chi connectivity index (χ4n) is 1.52. The minimum atomic E-state index is 0.124. The minimum Gasteiger partial charge on any atom is -0.467 e. The summed E-state index contributed by atoms with van der Waals surface area (Å²) in [5, 5.41) is 7.57. The summed E-state index contributed by atoms with van der Waals surface area (Å²) in [5.74, 6) is 0.930. The van der Waals surface area contributed by atoms with E-state index in [1.54, 1.807) is 12.5 Å². The van der Waals surface area contributed by atoms with Gasteiger partial charge < -0.3 is 9.73 Å². The van der Waals surface area contributed by atoms with E-state index < -0.39 is 0 Å². The highest BCUT2D eigenvalue weighted by atomic mass is 16.3. The highest BCUT2D eigenvalue weighted by molar-refractivity contribution is 5.13. The summed E-state index contributed by atoms with van der Waals surface area (Å²) in [6.07, 6.45) is 5.50. The third-order valence-corrected chi connectivity index (χ3v) is 2.41. The summed E-state index contributed by atoms with van der Waals surface area (Å²) >= 11 is 0. The second-order valence-electron chi connectivity index (χ2n) is 5.23. The van der Waals surface area contributed by atoms with Gasteiger partial charge >= 0.3 is 0 Å². The Labute approximate surface area is 102 Å². The summed E-state index contributed by atoms with van der Waals surface area (Å²) in [4.78, 5) is 0. The van der Waals surface area contributed by atoms with Crippen molar-refractivity contribution in [2.75, 3.05) is 0 Å². The molecule has 0 spiro atoms. The normalized spacial score (nSPS) is 11.9. The van der Waals surface area contributed by atoms with Crippen LogP contribution >= 0.6 is 0 Å². The van der Waals surface area contributed by atoms with Crippen molar-refractivity contribution in [3.05, 3.63) is 42.1 Å². The van der Waals surface area contributed by atoms with Crippen molar-refractivity contribution >= 4 is 0 Å². The van der Waals surface area contributed by atoms with Crippen LogP contribution in [0.15, 0.2) is 35.2 Å². The standard InChI is InChI=1S/C13H19N3O/c1-13(2,3)14-8-11-7-12(17-10-11)9-16-6-4-5-15-16/h4-7,10,14H,8-9H2,1-3H3. The first-order chi connectivity index (χ1) is 8.03. The van der Waals surface area contributed by atoms with Gasteiger partial charge in [-0.3, -0.25) is 4.68 Å². The third kappa shape index (κ3) is 3.75. The van der Waals surface area contributed by atoms with Gasteiger partial charge in [0.05, 0.1) is 12.8 Å². The van der Waals surface area contributed by atoms with Gasteiger partial charge in [-0.15, -0.1) is 0 Å². The molecule has 0 aliphatic heterocycles. The molecule has 0 unspecified atom stereocenters. The average Bonchev–Trinajstić information content (AvgIpc) is 2.86. The largest absolute Gasteiger partial charge is 0.467 e. The van der Waals surface area contributed by atoms with Crippen molar-refractivity contribution in [1.82, 2.24) is 15.1 Å². The molecule has 1 N–H and O–H groups in total. The molecule has 2 aromatic rings. The number of hydrogen-bond donors (Lipinski definition) is 1. The number of nitrogens with zero attached hydrogens (tertiary/aromatic N) is 2. The molecule has 0 aliphatic carbocycles. The molecule has 0 atom stereocenters. The van der Waals surface area contributed by atoms with E-state index in [1.807, 2.05) is 16.9 Å². The van der Waals surface area contributed by atoms with E-state index >= 15 is 0 Å². The van der Waals surface area contributed by atoms with Crippen molar-refractivity contribution in [2.45, 2.75) is 39.4 Å². The monoisotopic (exact) mass is 233 g/mol. The summed E-state index contributed by atoms with van der Waals surface area (Å²) in [5.41, 5.74) is 1.29. The summed E-state index contributed by atoms with van der Waals surface area (Å²) in [6, 6.07) is 3.98. The second-order valence-corrected chi connectivity index (χ2v) is 5.23. The summed E-state index contributed by atoms with van der Waals surface area (Å²) in [6.45, 7) is 7.96. The first kappa shape index (κ1) is 11.9. The molecule has 92 valence electrons. The van der Waals surface area contributed by atoms with Gasteiger partial charge in [0.1, 0.15) is 5.76 Å². The molecule has 0 saturated heterocycles. The lowest BCUT2D eigenvalue weighted by Gasteiger charge is -2.19. The topological polar surface area (TPSA) is 43.0 Å². The molecule has 0 aliphatic rings. The van der Waals surface area contributed by atoms with Gasteiger partial charge in [-0.2, -0.15) is 5.10 Å². The Morgan fingerprint density at radius 2 is 2.24 bits per heavy atom. The van der Waals surface area contributed by atoms with Crippen molar-refractivity contribution in [1.29, 1.82) is 0 Å². The second kappa shape index (κ2) is 4.75. The Hall–Kier alpha value is -1.55. The van der Waals surface area contributed by atoms with Gasteiger partial charge in [0.2, 0.25) is 0 Å². The Bertz CT molecular complexity index is 451. The molecule has 4 heteroatoms. The maximum Gasteiger partial charge on any atom is 0.125 e.